The first-order valence-electron chi connectivity index (χ1n) is 23.3. The van der Waals surface area contributed by atoms with E-state index in [1.165, 1.54) is 63.4 Å². The molecule has 0 radical (unpaired) electrons. The molecule has 322 valence electrons. The molecule has 1 aromatic rings. The number of pyridine rings is 1. The molecule has 6 aliphatic carbocycles. The number of rotatable bonds is 11. The SMILES string of the molecule is CC(C)OC(=O)C1(CCOc2ccccn2)CC=C(C2=CC[C@@]3(C)C(CC[C@]4(C)C3CC[C@@H]3[C@H]5CCC[C@]5(NCCN5CCS(=O)(=O)CC5)CC[C@]34C)C2(C)C)CC1. The number of ether oxygens (including phenoxy) is 2. The second-order valence-corrected chi connectivity index (χ2v) is 24.0. The molecule has 4 saturated carbocycles. The van der Waals surface area contributed by atoms with Gasteiger partial charge in [-0.05, 0) is 160 Å². The van der Waals surface area contributed by atoms with E-state index < -0.39 is 15.3 Å². The van der Waals surface area contributed by atoms with Crippen molar-refractivity contribution in [2.24, 2.45) is 50.7 Å². The fourth-order valence-electron chi connectivity index (χ4n) is 15.2. The van der Waals surface area contributed by atoms with Crippen LogP contribution in [0.3, 0.4) is 0 Å². The molecule has 1 saturated heterocycles. The number of nitrogens with one attached hydrogen (secondary N) is 1. The molecule has 9 atom stereocenters. The summed E-state index contributed by atoms with van der Waals surface area (Å²) in [5.74, 6) is 3.99. The number of nitrogens with zero attached hydrogens (tertiary/aromatic N) is 2. The number of aromatic nitrogens is 1. The molecule has 1 N–H and O–H groups in total. The number of allylic oxidation sites excluding steroid dienone is 4. The van der Waals surface area contributed by atoms with Crippen LogP contribution < -0.4 is 10.1 Å². The molecule has 2 heterocycles. The molecule has 8 rings (SSSR count). The zero-order chi connectivity index (χ0) is 41.2. The van der Waals surface area contributed by atoms with Crippen molar-refractivity contribution < 1.29 is 22.7 Å². The van der Waals surface area contributed by atoms with E-state index >= 15 is 0 Å². The number of hydrogen-bond acceptors (Lipinski definition) is 8. The molecule has 8 nitrogen and oxygen atoms in total. The van der Waals surface area contributed by atoms with Gasteiger partial charge in [0.25, 0.3) is 0 Å². The van der Waals surface area contributed by atoms with E-state index in [1.54, 1.807) is 11.8 Å². The average Bonchev–Trinajstić information content (AvgIpc) is 3.60. The largest absolute Gasteiger partial charge is 0.478 e. The highest BCUT2D eigenvalue weighted by Crippen LogP contribution is 2.76. The highest BCUT2D eigenvalue weighted by atomic mass is 32.2. The van der Waals surface area contributed by atoms with Gasteiger partial charge in [0, 0.05) is 44.0 Å². The monoisotopic (exact) mass is 818 g/mol. The highest BCUT2D eigenvalue weighted by molar-refractivity contribution is 7.91. The van der Waals surface area contributed by atoms with Crippen molar-refractivity contribution in [3.8, 4) is 5.88 Å². The predicted molar refractivity (Wildman–Crippen MR) is 232 cm³/mol. The van der Waals surface area contributed by atoms with Crippen LogP contribution in [0.1, 0.15) is 138 Å². The van der Waals surface area contributed by atoms with Crippen molar-refractivity contribution in [2.45, 2.75) is 150 Å². The first-order valence-corrected chi connectivity index (χ1v) is 25.1. The van der Waals surface area contributed by atoms with Gasteiger partial charge in [0.05, 0.1) is 29.6 Å². The lowest BCUT2D eigenvalue weighted by atomic mass is 9.33. The summed E-state index contributed by atoms with van der Waals surface area (Å²) in [6.07, 6.45) is 22.7. The van der Waals surface area contributed by atoms with Gasteiger partial charge in [0.15, 0.2) is 9.84 Å². The Balaban J connectivity index is 0.972. The minimum absolute atomic E-state index is 0.0636. The Morgan fingerprint density at radius 1 is 0.897 bits per heavy atom. The Kier molecular flexibility index (Phi) is 11.4. The molecule has 7 aliphatic rings. The van der Waals surface area contributed by atoms with E-state index in [9.17, 15) is 13.2 Å². The lowest BCUT2D eigenvalue weighted by molar-refractivity contribution is -0.218. The van der Waals surface area contributed by atoms with Gasteiger partial charge in [-0.25, -0.2) is 13.4 Å². The summed E-state index contributed by atoms with van der Waals surface area (Å²) >= 11 is 0. The summed E-state index contributed by atoms with van der Waals surface area (Å²) in [4.78, 5) is 20.4. The summed E-state index contributed by atoms with van der Waals surface area (Å²) in [6, 6.07) is 5.68. The molecule has 0 spiro atoms. The maximum atomic E-state index is 13.7. The van der Waals surface area contributed by atoms with Crippen LogP contribution in [0.25, 0.3) is 0 Å². The van der Waals surface area contributed by atoms with Gasteiger partial charge < -0.3 is 19.7 Å². The second kappa shape index (κ2) is 15.6. The van der Waals surface area contributed by atoms with Crippen molar-refractivity contribution >= 4 is 15.8 Å². The summed E-state index contributed by atoms with van der Waals surface area (Å²) in [5.41, 5.74) is 3.67. The van der Waals surface area contributed by atoms with E-state index in [-0.39, 0.29) is 28.4 Å². The lowest BCUT2D eigenvalue weighted by Crippen LogP contribution is -2.67. The molecule has 0 amide bonds. The van der Waals surface area contributed by atoms with Crippen molar-refractivity contribution in [2.75, 3.05) is 44.3 Å². The molecular formula is C49H75N3O5S. The van der Waals surface area contributed by atoms with Crippen molar-refractivity contribution in [1.29, 1.82) is 0 Å². The van der Waals surface area contributed by atoms with Gasteiger partial charge in [-0.1, -0.05) is 59.3 Å². The van der Waals surface area contributed by atoms with Crippen molar-refractivity contribution in [3.05, 3.63) is 47.7 Å². The van der Waals surface area contributed by atoms with E-state index in [2.05, 4.69) is 62.0 Å². The van der Waals surface area contributed by atoms with Gasteiger partial charge >= 0.3 is 5.97 Å². The minimum Gasteiger partial charge on any atom is -0.478 e. The zero-order valence-electron chi connectivity index (χ0n) is 37.0. The van der Waals surface area contributed by atoms with Gasteiger partial charge in [-0.15, -0.1) is 0 Å². The summed E-state index contributed by atoms with van der Waals surface area (Å²) < 4.78 is 36.0. The van der Waals surface area contributed by atoms with Gasteiger partial charge in [0.2, 0.25) is 5.88 Å². The smallest absolute Gasteiger partial charge is 0.312 e. The zero-order valence-corrected chi connectivity index (χ0v) is 37.9. The number of carbonyl (C=O) groups is 1. The molecule has 5 fully saturated rings. The molecule has 9 heteroatoms. The van der Waals surface area contributed by atoms with Crippen LogP contribution in [0.4, 0.5) is 0 Å². The van der Waals surface area contributed by atoms with E-state index in [0.717, 1.165) is 44.2 Å². The van der Waals surface area contributed by atoms with Gasteiger partial charge in [-0.3, -0.25) is 4.79 Å². The third-order valence-electron chi connectivity index (χ3n) is 18.5. The maximum Gasteiger partial charge on any atom is 0.312 e. The summed E-state index contributed by atoms with van der Waals surface area (Å²) in [6.45, 7) is 20.9. The third kappa shape index (κ3) is 7.24. The van der Waals surface area contributed by atoms with Crippen LogP contribution >= 0.6 is 0 Å². The van der Waals surface area contributed by atoms with Crippen molar-refractivity contribution in [3.63, 3.8) is 0 Å². The van der Waals surface area contributed by atoms with Gasteiger partial charge in [0.1, 0.15) is 0 Å². The third-order valence-corrected chi connectivity index (χ3v) is 20.1. The van der Waals surface area contributed by atoms with Crippen molar-refractivity contribution in [1.82, 2.24) is 15.2 Å². The Morgan fingerprint density at radius 2 is 1.69 bits per heavy atom. The topological polar surface area (TPSA) is 97.8 Å². The predicted octanol–water partition coefficient (Wildman–Crippen LogP) is 9.36. The Morgan fingerprint density at radius 3 is 2.40 bits per heavy atom. The van der Waals surface area contributed by atoms with E-state index in [4.69, 9.17) is 9.47 Å². The summed E-state index contributed by atoms with van der Waals surface area (Å²) in [7, 11) is -2.85. The fraction of sp³-hybridized carbons (Fsp3) is 0.796. The fourth-order valence-corrected chi connectivity index (χ4v) is 16.5. The highest BCUT2D eigenvalue weighted by Gasteiger charge is 2.69. The van der Waals surface area contributed by atoms with Crippen LogP contribution in [0.2, 0.25) is 0 Å². The summed E-state index contributed by atoms with van der Waals surface area (Å²) in [5, 5.41) is 4.20. The molecule has 1 aliphatic heterocycles. The average molecular weight is 818 g/mol. The molecule has 0 aromatic carbocycles. The van der Waals surface area contributed by atoms with Crippen LogP contribution in [0.5, 0.6) is 5.88 Å². The molecule has 0 bridgehead atoms. The number of sulfone groups is 1. The Hall–Kier alpha value is -2.23. The normalized spacial score (nSPS) is 40.6. The molecule has 3 unspecified atom stereocenters. The number of fused-ring (bicyclic) bond motifs is 7. The number of hydrogen-bond donors (Lipinski definition) is 1. The first kappa shape index (κ1) is 42.5. The molecule has 1 aromatic heterocycles. The Labute approximate surface area is 351 Å². The van der Waals surface area contributed by atoms with Crippen LogP contribution in [0.15, 0.2) is 47.7 Å². The maximum absolute atomic E-state index is 13.7. The standard InChI is InChI=1S/C49H75N3O5S/c1-35(2)57-43(53)48(26-32-56-42-12-8-9-27-50-42)22-15-36(16-23-48)37-17-20-45(5)40(44(37,3)4)18-21-47(7)41(45)14-13-38-39-11-10-19-49(39,25-24-46(38,47)6)51-28-29-52-30-33-58(54,55)34-31-52/h8-9,12,15,17,27,35,38-41,51H,10-11,13-14,16,18-26,28-34H2,1-7H3/t38-,39-,40?,41?,45+,46-,47-,48?,49+/m1/s1. The van der Waals surface area contributed by atoms with Crippen LogP contribution in [0, 0.1) is 50.7 Å². The quantitative estimate of drug-likeness (QED) is 0.221. The second-order valence-electron chi connectivity index (χ2n) is 21.7. The van der Waals surface area contributed by atoms with Gasteiger partial charge in [-0.2, -0.15) is 0 Å². The number of esters is 1. The molecule has 58 heavy (non-hydrogen) atoms. The van der Waals surface area contributed by atoms with Crippen LogP contribution in [-0.4, -0.2) is 80.2 Å². The molecular weight excluding hydrogens is 743 g/mol. The van der Waals surface area contributed by atoms with Crippen LogP contribution in [-0.2, 0) is 19.4 Å². The van der Waals surface area contributed by atoms with E-state index in [1.807, 2.05) is 32.0 Å². The first-order chi connectivity index (χ1) is 27.5. The lowest BCUT2D eigenvalue weighted by Gasteiger charge is -2.72. The number of carbonyl (C=O) groups excluding carboxylic acids is 1. The van der Waals surface area contributed by atoms with E-state index in [0.29, 0.717) is 72.6 Å². The Bertz CT molecular complexity index is 1850. The minimum atomic E-state index is -2.85.